The summed E-state index contributed by atoms with van der Waals surface area (Å²) in [7, 11) is 0. The van der Waals surface area contributed by atoms with Gasteiger partial charge in [0.2, 0.25) is 0 Å². The van der Waals surface area contributed by atoms with E-state index in [1.165, 1.54) is 4.90 Å². The Balaban J connectivity index is 0.960. The summed E-state index contributed by atoms with van der Waals surface area (Å²) in [6.07, 6.45) is 0.273. The van der Waals surface area contributed by atoms with Crippen molar-refractivity contribution in [2.45, 2.75) is 45.8 Å². The zero-order chi connectivity index (χ0) is 37.4. The highest BCUT2D eigenvalue weighted by Gasteiger charge is 2.33. The van der Waals surface area contributed by atoms with Gasteiger partial charge in [-0.1, -0.05) is 60.7 Å². The molecule has 0 saturated carbocycles. The Morgan fingerprint density at radius 3 is 2.06 bits per heavy atom. The molecule has 0 atom stereocenters. The van der Waals surface area contributed by atoms with Crippen LogP contribution in [-0.4, -0.2) is 80.4 Å². The standard InChI is InChI=1S/C42H45N3O8/c1-42(2,3)53-41(49)44-20-22-50-24-25-51-23-21-45-39(47)33-15-8-14-32-36(18-17-34(38(32)33)40(45)48)43-19-9-16-37(46)52-27-35-30-12-6-4-10-28(30)26-29-11-5-7-13-31(29)35/h4-8,10-15,17-18,26,43H,9,16,19-25,27H2,1-3H3,(H,44,49). The summed E-state index contributed by atoms with van der Waals surface area (Å²) < 4.78 is 22.0. The van der Waals surface area contributed by atoms with E-state index in [9.17, 15) is 19.2 Å². The first-order chi connectivity index (χ1) is 25.6. The lowest BCUT2D eigenvalue weighted by Crippen LogP contribution is -2.42. The van der Waals surface area contributed by atoms with Gasteiger partial charge < -0.3 is 29.6 Å². The molecule has 0 bridgehead atoms. The molecule has 276 valence electrons. The van der Waals surface area contributed by atoms with Crippen molar-refractivity contribution in [3.63, 3.8) is 0 Å². The number of carbonyl (C=O) groups excluding carboxylic acids is 4. The van der Waals surface area contributed by atoms with Gasteiger partial charge >= 0.3 is 12.1 Å². The Bertz CT molecular complexity index is 2060. The third kappa shape index (κ3) is 9.11. The van der Waals surface area contributed by atoms with E-state index in [0.717, 1.165) is 38.2 Å². The molecular formula is C42H45N3O8. The maximum atomic E-state index is 13.5. The van der Waals surface area contributed by atoms with Gasteiger partial charge in [-0.3, -0.25) is 19.3 Å². The van der Waals surface area contributed by atoms with E-state index >= 15 is 0 Å². The Kier molecular flexibility index (Phi) is 11.9. The smallest absolute Gasteiger partial charge is 0.407 e. The monoisotopic (exact) mass is 719 g/mol. The Hall–Kier alpha value is -5.52. The highest BCUT2D eigenvalue weighted by Crippen LogP contribution is 2.34. The molecule has 0 saturated heterocycles. The van der Waals surface area contributed by atoms with Crippen molar-refractivity contribution in [3.8, 4) is 0 Å². The molecule has 1 heterocycles. The first kappa shape index (κ1) is 37.2. The Morgan fingerprint density at radius 1 is 0.717 bits per heavy atom. The number of amides is 3. The van der Waals surface area contributed by atoms with Gasteiger partial charge in [0.25, 0.3) is 11.8 Å². The topological polar surface area (TPSA) is 133 Å². The molecule has 5 aromatic rings. The summed E-state index contributed by atoms with van der Waals surface area (Å²) in [4.78, 5) is 52.6. The van der Waals surface area contributed by atoms with Crippen molar-refractivity contribution >= 4 is 61.9 Å². The first-order valence-corrected chi connectivity index (χ1v) is 17.9. The molecular weight excluding hydrogens is 674 g/mol. The fourth-order valence-corrected chi connectivity index (χ4v) is 6.46. The predicted octanol–water partition coefficient (Wildman–Crippen LogP) is 7.24. The first-order valence-electron chi connectivity index (χ1n) is 17.9. The molecule has 0 spiro atoms. The Labute approximate surface area is 308 Å². The maximum absolute atomic E-state index is 13.5. The highest BCUT2D eigenvalue weighted by molar-refractivity contribution is 6.26. The summed E-state index contributed by atoms with van der Waals surface area (Å²) in [5.41, 5.74) is 2.11. The molecule has 0 unspecified atom stereocenters. The van der Waals surface area contributed by atoms with Gasteiger partial charge in [-0.25, -0.2) is 4.79 Å². The summed E-state index contributed by atoms with van der Waals surface area (Å²) >= 11 is 0. The number of benzene rings is 5. The van der Waals surface area contributed by atoms with Crippen molar-refractivity contribution in [1.82, 2.24) is 10.2 Å². The van der Waals surface area contributed by atoms with Gasteiger partial charge in [-0.05, 0) is 73.0 Å². The van der Waals surface area contributed by atoms with E-state index in [1.54, 1.807) is 39.0 Å². The van der Waals surface area contributed by atoms with Crippen molar-refractivity contribution < 1.29 is 38.1 Å². The second kappa shape index (κ2) is 16.9. The van der Waals surface area contributed by atoms with Crippen LogP contribution in [0.15, 0.2) is 84.9 Å². The van der Waals surface area contributed by atoms with Gasteiger partial charge in [-0.15, -0.1) is 0 Å². The number of imide groups is 1. The molecule has 1 aliphatic heterocycles. The third-order valence-corrected chi connectivity index (χ3v) is 8.87. The number of fused-ring (bicyclic) bond motifs is 2. The number of anilines is 1. The highest BCUT2D eigenvalue weighted by atomic mass is 16.6. The molecule has 5 aromatic carbocycles. The number of ether oxygens (including phenoxy) is 4. The molecule has 0 aromatic heterocycles. The number of esters is 1. The number of carbonyl (C=O) groups is 4. The van der Waals surface area contributed by atoms with E-state index in [-0.39, 0.29) is 50.6 Å². The van der Waals surface area contributed by atoms with Crippen LogP contribution in [0.3, 0.4) is 0 Å². The predicted molar refractivity (Wildman–Crippen MR) is 204 cm³/mol. The quantitative estimate of drug-likeness (QED) is 0.0469. The number of nitrogens with zero attached hydrogens (tertiary/aromatic N) is 1. The maximum Gasteiger partial charge on any atom is 0.407 e. The molecule has 6 rings (SSSR count). The van der Waals surface area contributed by atoms with Crippen LogP contribution in [0.2, 0.25) is 0 Å². The number of hydrogen-bond donors (Lipinski definition) is 2. The largest absolute Gasteiger partial charge is 0.461 e. The van der Waals surface area contributed by atoms with Gasteiger partial charge in [0.1, 0.15) is 12.2 Å². The summed E-state index contributed by atoms with van der Waals surface area (Å²) in [5, 5.41) is 11.7. The normalized spacial score (nSPS) is 12.8. The van der Waals surface area contributed by atoms with Crippen molar-refractivity contribution in [3.05, 3.63) is 102 Å². The van der Waals surface area contributed by atoms with Gasteiger partial charge in [0.05, 0.1) is 33.0 Å². The van der Waals surface area contributed by atoms with E-state index in [4.69, 9.17) is 18.9 Å². The van der Waals surface area contributed by atoms with Crippen LogP contribution in [0.4, 0.5) is 10.5 Å². The lowest BCUT2D eigenvalue weighted by atomic mass is 9.93. The van der Waals surface area contributed by atoms with E-state index in [2.05, 4.69) is 41.0 Å². The summed E-state index contributed by atoms with van der Waals surface area (Å²) in [6, 6.07) is 27.4. The molecule has 2 N–H and O–H groups in total. The van der Waals surface area contributed by atoms with E-state index in [0.29, 0.717) is 49.2 Å². The number of rotatable bonds is 16. The fourth-order valence-electron chi connectivity index (χ4n) is 6.46. The second-order valence-corrected chi connectivity index (χ2v) is 13.8. The molecule has 0 fully saturated rings. The Morgan fingerprint density at radius 2 is 1.36 bits per heavy atom. The van der Waals surface area contributed by atoms with Crippen molar-refractivity contribution in [2.24, 2.45) is 0 Å². The zero-order valence-corrected chi connectivity index (χ0v) is 30.4. The van der Waals surface area contributed by atoms with Crippen LogP contribution in [0.5, 0.6) is 0 Å². The minimum absolute atomic E-state index is 0.0977. The lowest BCUT2D eigenvalue weighted by molar-refractivity contribution is -0.144. The van der Waals surface area contributed by atoms with E-state index in [1.807, 2.05) is 36.4 Å². The van der Waals surface area contributed by atoms with Gasteiger partial charge in [0, 0.05) is 52.7 Å². The number of nitrogens with one attached hydrogen (secondary N) is 2. The van der Waals surface area contributed by atoms with Crippen LogP contribution in [0.25, 0.3) is 32.3 Å². The van der Waals surface area contributed by atoms with Crippen LogP contribution >= 0.6 is 0 Å². The minimum Gasteiger partial charge on any atom is -0.461 e. The van der Waals surface area contributed by atoms with Gasteiger partial charge in [-0.2, -0.15) is 0 Å². The number of alkyl carbamates (subject to hydrolysis) is 1. The summed E-state index contributed by atoms with van der Waals surface area (Å²) in [6.45, 7) is 7.47. The average molecular weight is 720 g/mol. The van der Waals surface area contributed by atoms with Crippen LogP contribution in [0.1, 0.15) is 59.9 Å². The lowest BCUT2D eigenvalue weighted by Gasteiger charge is -2.27. The summed E-state index contributed by atoms with van der Waals surface area (Å²) in [5.74, 6) is -1.03. The molecule has 11 nitrogen and oxygen atoms in total. The zero-order valence-electron chi connectivity index (χ0n) is 30.4. The van der Waals surface area contributed by atoms with Crippen LogP contribution < -0.4 is 10.6 Å². The molecule has 0 radical (unpaired) electrons. The fraction of sp³-hybridized carbons (Fsp3) is 0.333. The molecule has 11 heteroatoms. The van der Waals surface area contributed by atoms with Crippen molar-refractivity contribution in [2.75, 3.05) is 51.4 Å². The van der Waals surface area contributed by atoms with Crippen molar-refractivity contribution in [1.29, 1.82) is 0 Å². The third-order valence-electron chi connectivity index (χ3n) is 8.87. The molecule has 3 amide bonds. The molecule has 0 aliphatic carbocycles. The number of hydrogen-bond acceptors (Lipinski definition) is 9. The second-order valence-electron chi connectivity index (χ2n) is 13.8. The molecule has 53 heavy (non-hydrogen) atoms. The molecule has 1 aliphatic rings. The average Bonchev–Trinajstić information content (AvgIpc) is 3.14. The van der Waals surface area contributed by atoms with Gasteiger partial charge in [0.15, 0.2) is 0 Å². The van der Waals surface area contributed by atoms with Crippen LogP contribution in [0, 0.1) is 0 Å². The SMILES string of the molecule is CC(C)(C)OC(=O)NCCOCCOCCN1C(=O)c2cccc3c(NCCCC(=O)OCc4c5ccccc5cc5ccccc45)ccc(c23)C1=O. The van der Waals surface area contributed by atoms with Crippen LogP contribution in [-0.2, 0) is 30.3 Å². The minimum atomic E-state index is -0.567. The van der Waals surface area contributed by atoms with E-state index < -0.39 is 11.7 Å².